The molecule has 0 radical (unpaired) electrons. The van der Waals surface area contributed by atoms with Crippen molar-refractivity contribution in [3.63, 3.8) is 0 Å². The highest BCUT2D eigenvalue weighted by molar-refractivity contribution is 5.73. The number of carbonyl (C=O) groups is 1. The van der Waals surface area contributed by atoms with Gasteiger partial charge in [-0.3, -0.25) is 4.79 Å². The van der Waals surface area contributed by atoms with Gasteiger partial charge in [0.2, 0.25) is 0 Å². The fourth-order valence-electron chi connectivity index (χ4n) is 2.21. The quantitative estimate of drug-likeness (QED) is 0.745. The van der Waals surface area contributed by atoms with E-state index in [9.17, 15) is 9.18 Å². The van der Waals surface area contributed by atoms with Crippen molar-refractivity contribution in [2.24, 2.45) is 11.7 Å². The van der Waals surface area contributed by atoms with Crippen LogP contribution in [0.3, 0.4) is 0 Å². The molecule has 0 saturated heterocycles. The Morgan fingerprint density at radius 1 is 1.30 bits per heavy atom. The molecule has 0 aromatic heterocycles. The van der Waals surface area contributed by atoms with Crippen LogP contribution in [0, 0.1) is 11.7 Å². The average Bonchev–Trinajstić information content (AvgIpc) is 2.42. The molecule has 0 amide bonds. The Hall–Kier alpha value is -1.42. The molecular weight excluding hydrogens is 257 g/mol. The van der Waals surface area contributed by atoms with E-state index < -0.39 is 0 Å². The third kappa shape index (κ3) is 5.29. The van der Waals surface area contributed by atoms with Crippen molar-refractivity contribution in [1.29, 1.82) is 0 Å². The van der Waals surface area contributed by atoms with Gasteiger partial charge in [0.15, 0.2) is 0 Å². The van der Waals surface area contributed by atoms with E-state index in [2.05, 4.69) is 6.92 Å². The van der Waals surface area contributed by atoms with Gasteiger partial charge in [0.1, 0.15) is 5.82 Å². The first-order valence-corrected chi connectivity index (χ1v) is 7.25. The molecule has 0 bridgehead atoms. The Labute approximate surface area is 120 Å². The summed E-state index contributed by atoms with van der Waals surface area (Å²) in [5.41, 5.74) is 7.10. The van der Waals surface area contributed by atoms with Crippen LogP contribution in [0.15, 0.2) is 24.3 Å². The SMILES string of the molecule is CCCC[C@@H](C(=O)OCC)[C@H](N)Cc1ccc(F)cc1. The first-order chi connectivity index (χ1) is 9.58. The van der Waals surface area contributed by atoms with Crippen LogP contribution in [0.5, 0.6) is 0 Å². The molecule has 0 aliphatic rings. The molecule has 3 nitrogen and oxygen atoms in total. The molecule has 4 heteroatoms. The molecule has 0 unspecified atom stereocenters. The van der Waals surface area contributed by atoms with Gasteiger partial charge in [-0.1, -0.05) is 31.9 Å². The number of hydrogen-bond acceptors (Lipinski definition) is 3. The lowest BCUT2D eigenvalue weighted by atomic mass is 9.90. The van der Waals surface area contributed by atoms with Gasteiger partial charge in [0.25, 0.3) is 0 Å². The summed E-state index contributed by atoms with van der Waals surface area (Å²) in [7, 11) is 0. The lowest BCUT2D eigenvalue weighted by Gasteiger charge is -2.22. The largest absolute Gasteiger partial charge is 0.466 e. The summed E-state index contributed by atoms with van der Waals surface area (Å²) in [4.78, 5) is 12.0. The number of benzene rings is 1. The van der Waals surface area contributed by atoms with Gasteiger partial charge in [-0.05, 0) is 37.5 Å². The van der Waals surface area contributed by atoms with Crippen LogP contribution in [0.4, 0.5) is 4.39 Å². The minimum atomic E-state index is -0.300. The minimum absolute atomic E-state index is 0.226. The zero-order chi connectivity index (χ0) is 15.0. The summed E-state index contributed by atoms with van der Waals surface area (Å²) in [5, 5.41) is 0. The molecule has 20 heavy (non-hydrogen) atoms. The zero-order valence-electron chi connectivity index (χ0n) is 12.3. The van der Waals surface area contributed by atoms with E-state index in [0.29, 0.717) is 13.0 Å². The summed E-state index contributed by atoms with van der Waals surface area (Å²) in [5.74, 6) is -0.786. The van der Waals surface area contributed by atoms with Crippen molar-refractivity contribution in [2.45, 2.75) is 45.6 Å². The fraction of sp³-hybridized carbons (Fsp3) is 0.562. The number of carbonyl (C=O) groups excluding carboxylic acids is 1. The van der Waals surface area contributed by atoms with E-state index in [1.807, 2.05) is 0 Å². The predicted octanol–water partition coefficient (Wildman–Crippen LogP) is 3.07. The van der Waals surface area contributed by atoms with Gasteiger partial charge in [-0.15, -0.1) is 0 Å². The van der Waals surface area contributed by atoms with E-state index in [4.69, 9.17) is 10.5 Å². The maximum absolute atomic E-state index is 12.9. The zero-order valence-corrected chi connectivity index (χ0v) is 12.3. The van der Waals surface area contributed by atoms with E-state index in [1.54, 1.807) is 19.1 Å². The van der Waals surface area contributed by atoms with Crippen LogP contribution < -0.4 is 5.73 Å². The Bertz CT molecular complexity index is 405. The number of hydrogen-bond donors (Lipinski definition) is 1. The number of esters is 1. The number of halogens is 1. The van der Waals surface area contributed by atoms with Crippen LogP contribution in [-0.2, 0) is 16.0 Å². The van der Waals surface area contributed by atoms with Gasteiger partial charge in [-0.25, -0.2) is 4.39 Å². The standard InChI is InChI=1S/C16H24FNO2/c1-3-5-6-14(16(19)20-4-2)15(18)11-12-7-9-13(17)10-8-12/h7-10,14-15H,3-6,11,18H2,1-2H3/t14-,15-/m1/s1. The van der Waals surface area contributed by atoms with E-state index >= 15 is 0 Å². The second-order valence-corrected chi connectivity index (χ2v) is 5.00. The monoisotopic (exact) mass is 281 g/mol. The van der Waals surface area contributed by atoms with Crippen molar-refractivity contribution >= 4 is 5.97 Å². The Kier molecular flexibility index (Phi) is 7.23. The maximum atomic E-state index is 12.9. The lowest BCUT2D eigenvalue weighted by Crippen LogP contribution is -2.38. The Morgan fingerprint density at radius 2 is 1.95 bits per heavy atom. The van der Waals surface area contributed by atoms with Crippen LogP contribution in [0.2, 0.25) is 0 Å². The Morgan fingerprint density at radius 3 is 2.50 bits per heavy atom. The number of rotatable bonds is 8. The molecule has 0 aliphatic carbocycles. The molecule has 0 saturated carbocycles. The Balaban J connectivity index is 2.68. The van der Waals surface area contributed by atoms with Gasteiger partial charge in [-0.2, -0.15) is 0 Å². The average molecular weight is 281 g/mol. The summed E-state index contributed by atoms with van der Waals surface area (Å²) >= 11 is 0. The molecule has 112 valence electrons. The molecule has 2 atom stereocenters. The number of ether oxygens (including phenoxy) is 1. The van der Waals surface area contributed by atoms with Crippen molar-refractivity contribution in [1.82, 2.24) is 0 Å². The summed E-state index contributed by atoms with van der Waals surface area (Å²) < 4.78 is 18.0. The van der Waals surface area contributed by atoms with Gasteiger partial charge in [0, 0.05) is 6.04 Å². The maximum Gasteiger partial charge on any atom is 0.310 e. The van der Waals surface area contributed by atoms with E-state index in [1.165, 1.54) is 12.1 Å². The highest BCUT2D eigenvalue weighted by Crippen LogP contribution is 2.18. The fourth-order valence-corrected chi connectivity index (χ4v) is 2.21. The molecule has 1 aromatic rings. The van der Waals surface area contributed by atoms with E-state index in [-0.39, 0.29) is 23.7 Å². The van der Waals surface area contributed by atoms with Gasteiger partial charge < -0.3 is 10.5 Å². The smallest absolute Gasteiger partial charge is 0.310 e. The second-order valence-electron chi connectivity index (χ2n) is 5.00. The molecule has 2 N–H and O–H groups in total. The summed E-state index contributed by atoms with van der Waals surface area (Å²) in [6.45, 7) is 4.23. The lowest BCUT2D eigenvalue weighted by molar-refractivity contribution is -0.149. The summed E-state index contributed by atoms with van der Waals surface area (Å²) in [6.07, 6.45) is 3.24. The molecule has 1 aromatic carbocycles. The van der Waals surface area contributed by atoms with Crippen LogP contribution in [0.25, 0.3) is 0 Å². The van der Waals surface area contributed by atoms with Gasteiger partial charge in [0.05, 0.1) is 12.5 Å². The normalized spacial score (nSPS) is 13.8. The number of unbranched alkanes of at least 4 members (excludes halogenated alkanes) is 1. The van der Waals surface area contributed by atoms with Crippen molar-refractivity contribution in [3.8, 4) is 0 Å². The minimum Gasteiger partial charge on any atom is -0.466 e. The third-order valence-electron chi connectivity index (χ3n) is 3.36. The molecule has 0 aliphatic heterocycles. The topological polar surface area (TPSA) is 52.3 Å². The summed E-state index contributed by atoms with van der Waals surface area (Å²) in [6, 6.07) is 5.93. The van der Waals surface area contributed by atoms with Crippen LogP contribution in [-0.4, -0.2) is 18.6 Å². The number of nitrogens with two attached hydrogens (primary N) is 1. The molecular formula is C16H24FNO2. The predicted molar refractivity (Wildman–Crippen MR) is 77.7 cm³/mol. The first kappa shape index (κ1) is 16.6. The molecule has 1 rings (SSSR count). The third-order valence-corrected chi connectivity index (χ3v) is 3.36. The second kappa shape index (κ2) is 8.69. The molecule has 0 fully saturated rings. The van der Waals surface area contributed by atoms with Crippen molar-refractivity contribution in [3.05, 3.63) is 35.6 Å². The first-order valence-electron chi connectivity index (χ1n) is 7.25. The van der Waals surface area contributed by atoms with Crippen molar-refractivity contribution < 1.29 is 13.9 Å². The van der Waals surface area contributed by atoms with Gasteiger partial charge >= 0.3 is 5.97 Å². The van der Waals surface area contributed by atoms with Crippen LogP contribution >= 0.6 is 0 Å². The highest BCUT2D eigenvalue weighted by Gasteiger charge is 2.26. The highest BCUT2D eigenvalue weighted by atomic mass is 19.1. The molecule has 0 heterocycles. The molecule has 0 spiro atoms. The van der Waals surface area contributed by atoms with Crippen LogP contribution in [0.1, 0.15) is 38.7 Å². The van der Waals surface area contributed by atoms with E-state index in [0.717, 1.165) is 24.8 Å². The van der Waals surface area contributed by atoms with Crippen molar-refractivity contribution in [2.75, 3.05) is 6.61 Å².